The number of amides is 1. The lowest BCUT2D eigenvalue weighted by Gasteiger charge is -2.35. The van der Waals surface area contributed by atoms with E-state index in [1.165, 1.54) is 0 Å². The van der Waals surface area contributed by atoms with E-state index in [9.17, 15) is 4.79 Å². The van der Waals surface area contributed by atoms with Gasteiger partial charge in [0.15, 0.2) is 6.61 Å². The average molecular weight is 308 g/mol. The van der Waals surface area contributed by atoms with Gasteiger partial charge < -0.3 is 9.64 Å². The van der Waals surface area contributed by atoms with Crippen LogP contribution in [0.2, 0.25) is 5.02 Å². The molecule has 0 aromatic heterocycles. The third-order valence-electron chi connectivity index (χ3n) is 3.58. The molecule has 2 rings (SSSR count). The van der Waals surface area contributed by atoms with E-state index in [0.29, 0.717) is 23.9 Å². The number of piperazine rings is 1. The highest BCUT2D eigenvalue weighted by molar-refractivity contribution is 6.30. The van der Waals surface area contributed by atoms with Gasteiger partial charge in [-0.25, -0.2) is 0 Å². The van der Waals surface area contributed by atoms with Gasteiger partial charge in [-0.05, 0) is 31.2 Å². The van der Waals surface area contributed by atoms with Crippen molar-refractivity contribution in [1.29, 1.82) is 5.26 Å². The quantitative estimate of drug-likeness (QED) is 0.851. The molecule has 112 valence electrons. The van der Waals surface area contributed by atoms with Gasteiger partial charge >= 0.3 is 0 Å². The minimum absolute atomic E-state index is 0.0232. The van der Waals surface area contributed by atoms with E-state index in [4.69, 9.17) is 21.6 Å². The second-order valence-corrected chi connectivity index (χ2v) is 5.40. The number of benzene rings is 1. The van der Waals surface area contributed by atoms with E-state index in [-0.39, 0.29) is 18.6 Å². The molecular formula is C15H18ClN3O2. The zero-order valence-electron chi connectivity index (χ0n) is 12.0. The Labute approximate surface area is 129 Å². The van der Waals surface area contributed by atoms with Gasteiger partial charge in [0.1, 0.15) is 5.75 Å². The number of carbonyl (C=O) groups is 1. The average Bonchev–Trinajstić information content (AvgIpc) is 2.53. The zero-order valence-corrected chi connectivity index (χ0v) is 12.7. The fraction of sp³-hybridized carbons (Fsp3) is 0.467. The lowest BCUT2D eigenvalue weighted by atomic mass is 10.2. The number of hydrogen-bond donors (Lipinski definition) is 0. The van der Waals surface area contributed by atoms with Gasteiger partial charge in [-0.1, -0.05) is 11.6 Å². The van der Waals surface area contributed by atoms with Gasteiger partial charge in [0.25, 0.3) is 5.91 Å². The summed E-state index contributed by atoms with van der Waals surface area (Å²) >= 11 is 5.79. The van der Waals surface area contributed by atoms with Crippen LogP contribution in [0.1, 0.15) is 6.92 Å². The Bertz CT molecular complexity index is 519. The molecular weight excluding hydrogens is 290 g/mol. The minimum atomic E-state index is -0.104. The van der Waals surface area contributed by atoms with Gasteiger partial charge in [-0.2, -0.15) is 5.26 Å². The van der Waals surface area contributed by atoms with Gasteiger partial charge in [0, 0.05) is 31.2 Å². The molecule has 5 nitrogen and oxygen atoms in total. The molecule has 0 aliphatic carbocycles. The van der Waals surface area contributed by atoms with Crippen LogP contribution in [0.5, 0.6) is 5.75 Å². The number of halogens is 1. The molecule has 1 aliphatic rings. The highest BCUT2D eigenvalue weighted by Crippen LogP contribution is 2.15. The molecule has 0 N–H and O–H groups in total. The van der Waals surface area contributed by atoms with Crippen LogP contribution in [0, 0.1) is 11.3 Å². The lowest BCUT2D eigenvalue weighted by molar-refractivity contribution is -0.135. The van der Waals surface area contributed by atoms with E-state index in [1.54, 1.807) is 29.2 Å². The first-order chi connectivity index (χ1) is 10.1. The first-order valence-corrected chi connectivity index (χ1v) is 7.28. The standard InChI is InChI=1S/C15H18ClN3O2/c1-12(10-17)18-6-8-19(9-7-18)15(20)11-21-14-4-2-13(16)3-5-14/h2-5,12H,6-9,11H2,1H3. The van der Waals surface area contributed by atoms with Crippen LogP contribution in [0.25, 0.3) is 0 Å². The molecule has 0 radical (unpaired) electrons. The second kappa shape index (κ2) is 7.30. The summed E-state index contributed by atoms with van der Waals surface area (Å²) in [6, 6.07) is 9.04. The van der Waals surface area contributed by atoms with Crippen molar-refractivity contribution >= 4 is 17.5 Å². The maximum atomic E-state index is 12.1. The molecule has 1 aliphatic heterocycles. The summed E-state index contributed by atoms with van der Waals surface area (Å²) in [6.45, 7) is 4.61. The molecule has 0 spiro atoms. The third-order valence-corrected chi connectivity index (χ3v) is 3.83. The number of nitrogens with zero attached hydrogens (tertiary/aromatic N) is 3. The molecule has 1 fully saturated rings. The lowest BCUT2D eigenvalue weighted by Crippen LogP contribution is -2.52. The van der Waals surface area contributed by atoms with Crippen molar-refractivity contribution in [2.45, 2.75) is 13.0 Å². The number of ether oxygens (including phenoxy) is 1. The van der Waals surface area contributed by atoms with Crippen LogP contribution in [0.15, 0.2) is 24.3 Å². The maximum Gasteiger partial charge on any atom is 0.260 e. The monoisotopic (exact) mass is 307 g/mol. The molecule has 1 atom stereocenters. The van der Waals surface area contributed by atoms with Gasteiger partial charge in [0.2, 0.25) is 0 Å². The number of hydrogen-bond acceptors (Lipinski definition) is 4. The van der Waals surface area contributed by atoms with E-state index in [1.807, 2.05) is 6.92 Å². The van der Waals surface area contributed by atoms with Crippen LogP contribution in [0.4, 0.5) is 0 Å². The SMILES string of the molecule is CC(C#N)N1CCN(C(=O)COc2ccc(Cl)cc2)CC1. The van der Waals surface area contributed by atoms with Gasteiger partial charge in [-0.15, -0.1) is 0 Å². The molecule has 1 unspecified atom stereocenters. The summed E-state index contributed by atoms with van der Waals surface area (Å²) in [5, 5.41) is 9.53. The second-order valence-electron chi connectivity index (χ2n) is 4.96. The molecule has 0 bridgehead atoms. The highest BCUT2D eigenvalue weighted by Gasteiger charge is 2.23. The first kappa shape index (κ1) is 15.6. The Hall–Kier alpha value is -1.77. The molecule has 1 heterocycles. The van der Waals surface area contributed by atoms with Crippen LogP contribution in [-0.4, -0.2) is 54.5 Å². The summed E-state index contributed by atoms with van der Waals surface area (Å²) in [4.78, 5) is 15.9. The predicted octanol–water partition coefficient (Wildman–Crippen LogP) is 1.78. The van der Waals surface area contributed by atoms with Crippen molar-refractivity contribution in [3.8, 4) is 11.8 Å². The third kappa shape index (κ3) is 4.35. The Morgan fingerprint density at radius 3 is 2.52 bits per heavy atom. The van der Waals surface area contributed by atoms with E-state index in [2.05, 4.69) is 11.0 Å². The smallest absolute Gasteiger partial charge is 0.260 e. The molecule has 1 amide bonds. The van der Waals surface area contributed by atoms with Crippen molar-refractivity contribution in [2.24, 2.45) is 0 Å². The van der Waals surface area contributed by atoms with Gasteiger partial charge in [0.05, 0.1) is 12.1 Å². The van der Waals surface area contributed by atoms with Crippen LogP contribution in [-0.2, 0) is 4.79 Å². The fourth-order valence-electron chi connectivity index (χ4n) is 2.21. The number of nitriles is 1. The predicted molar refractivity (Wildman–Crippen MR) is 80.2 cm³/mol. The van der Waals surface area contributed by atoms with Crippen molar-refractivity contribution in [2.75, 3.05) is 32.8 Å². The minimum Gasteiger partial charge on any atom is -0.484 e. The molecule has 1 aromatic carbocycles. The topological polar surface area (TPSA) is 56.6 Å². The van der Waals surface area contributed by atoms with E-state index < -0.39 is 0 Å². The zero-order chi connectivity index (χ0) is 15.2. The largest absolute Gasteiger partial charge is 0.484 e. The fourth-order valence-corrected chi connectivity index (χ4v) is 2.33. The van der Waals surface area contributed by atoms with Crippen molar-refractivity contribution in [1.82, 2.24) is 9.80 Å². The van der Waals surface area contributed by atoms with Crippen LogP contribution < -0.4 is 4.74 Å². The van der Waals surface area contributed by atoms with Crippen molar-refractivity contribution in [3.63, 3.8) is 0 Å². The summed E-state index contributed by atoms with van der Waals surface area (Å²) < 4.78 is 5.46. The van der Waals surface area contributed by atoms with Gasteiger partial charge in [-0.3, -0.25) is 9.69 Å². The maximum absolute atomic E-state index is 12.1. The molecule has 1 aromatic rings. The normalized spacial score (nSPS) is 17.1. The number of carbonyl (C=O) groups excluding carboxylic acids is 1. The van der Waals surface area contributed by atoms with E-state index >= 15 is 0 Å². The summed E-state index contributed by atoms with van der Waals surface area (Å²) in [5.41, 5.74) is 0. The Kier molecular flexibility index (Phi) is 5.43. The van der Waals surface area contributed by atoms with E-state index in [0.717, 1.165) is 13.1 Å². The number of rotatable bonds is 4. The first-order valence-electron chi connectivity index (χ1n) is 6.90. The summed E-state index contributed by atoms with van der Waals surface area (Å²) in [5.74, 6) is 0.596. The Balaban J connectivity index is 1.77. The molecule has 21 heavy (non-hydrogen) atoms. The summed E-state index contributed by atoms with van der Waals surface area (Å²) in [6.07, 6.45) is 0. The Morgan fingerprint density at radius 2 is 1.95 bits per heavy atom. The van der Waals surface area contributed by atoms with Crippen molar-refractivity contribution < 1.29 is 9.53 Å². The molecule has 0 saturated carbocycles. The Morgan fingerprint density at radius 1 is 1.33 bits per heavy atom. The van der Waals surface area contributed by atoms with Crippen molar-refractivity contribution in [3.05, 3.63) is 29.3 Å². The highest BCUT2D eigenvalue weighted by atomic mass is 35.5. The summed E-state index contributed by atoms with van der Waals surface area (Å²) in [7, 11) is 0. The van der Waals surface area contributed by atoms with Crippen LogP contribution in [0.3, 0.4) is 0 Å². The molecule has 6 heteroatoms. The van der Waals surface area contributed by atoms with Crippen LogP contribution >= 0.6 is 11.6 Å². The molecule has 1 saturated heterocycles.